The quantitative estimate of drug-likeness (QED) is 0.515. The van der Waals surface area contributed by atoms with E-state index in [1.807, 2.05) is 68.4 Å². The molecule has 0 aliphatic carbocycles. The summed E-state index contributed by atoms with van der Waals surface area (Å²) in [5.41, 5.74) is 2.57. The van der Waals surface area contributed by atoms with Crippen molar-refractivity contribution in [2.45, 2.75) is 19.9 Å². The zero-order valence-corrected chi connectivity index (χ0v) is 16.1. The number of carbonyl (C=O) groups excluding carboxylic acids is 2. The highest BCUT2D eigenvalue weighted by Gasteiger charge is 2.17. The minimum Gasteiger partial charge on any atom is -0.459 e. The number of nitrogens with zero attached hydrogens (tertiary/aromatic N) is 1. The second-order valence-electron chi connectivity index (χ2n) is 6.88. The summed E-state index contributed by atoms with van der Waals surface area (Å²) in [5, 5.41) is 4.45. The number of pyridine rings is 1. The average molecular weight is 388 g/mol. The van der Waals surface area contributed by atoms with E-state index in [0.717, 1.165) is 11.0 Å². The molecule has 6 nitrogen and oxygen atoms in total. The highest BCUT2D eigenvalue weighted by molar-refractivity contribution is 6.04. The fourth-order valence-electron chi connectivity index (χ4n) is 3.26. The van der Waals surface area contributed by atoms with Crippen molar-refractivity contribution in [2.24, 2.45) is 0 Å². The first kappa shape index (κ1) is 18.7. The van der Waals surface area contributed by atoms with Gasteiger partial charge in [0.2, 0.25) is 0 Å². The lowest BCUT2D eigenvalue weighted by molar-refractivity contribution is -0.125. The van der Waals surface area contributed by atoms with Gasteiger partial charge in [0, 0.05) is 16.5 Å². The Labute approximate surface area is 167 Å². The summed E-state index contributed by atoms with van der Waals surface area (Å²) in [6, 6.07) is 18.2. The molecule has 1 amide bonds. The Bertz CT molecular complexity index is 1180. The Kier molecular flexibility index (Phi) is 4.99. The Morgan fingerprint density at radius 1 is 1.10 bits per heavy atom. The normalized spacial score (nSPS) is 12.1. The van der Waals surface area contributed by atoms with Gasteiger partial charge in [-0.05, 0) is 38.1 Å². The minimum atomic E-state index is -0.557. The van der Waals surface area contributed by atoms with E-state index in [1.54, 1.807) is 6.07 Å². The van der Waals surface area contributed by atoms with E-state index in [4.69, 9.17) is 9.15 Å². The first-order valence-corrected chi connectivity index (χ1v) is 9.32. The summed E-state index contributed by atoms with van der Waals surface area (Å²) >= 11 is 0. The Morgan fingerprint density at radius 3 is 2.69 bits per heavy atom. The van der Waals surface area contributed by atoms with Crippen LogP contribution in [0.5, 0.6) is 0 Å². The van der Waals surface area contributed by atoms with Crippen LogP contribution in [0.3, 0.4) is 0 Å². The van der Waals surface area contributed by atoms with Crippen LogP contribution in [0.25, 0.3) is 21.9 Å². The summed E-state index contributed by atoms with van der Waals surface area (Å²) in [6.45, 7) is 3.25. The van der Waals surface area contributed by atoms with E-state index in [2.05, 4.69) is 10.3 Å². The van der Waals surface area contributed by atoms with E-state index < -0.39 is 11.9 Å². The number of fused-ring (bicyclic) bond motifs is 2. The molecule has 2 aromatic heterocycles. The summed E-state index contributed by atoms with van der Waals surface area (Å²) in [4.78, 5) is 29.2. The molecular formula is C23H20N2O4. The summed E-state index contributed by atoms with van der Waals surface area (Å²) < 4.78 is 11.0. The first-order chi connectivity index (χ1) is 14.0. The molecule has 4 rings (SSSR count). The number of benzene rings is 2. The molecule has 0 aliphatic heterocycles. The number of aromatic nitrogens is 1. The number of ether oxygens (including phenoxy) is 1. The number of amides is 1. The lowest BCUT2D eigenvalue weighted by Gasteiger charge is -2.12. The largest absolute Gasteiger partial charge is 0.459 e. The van der Waals surface area contributed by atoms with E-state index >= 15 is 0 Å². The van der Waals surface area contributed by atoms with Gasteiger partial charge in [-0.2, -0.15) is 0 Å². The highest BCUT2D eigenvalue weighted by Crippen LogP contribution is 2.23. The van der Waals surface area contributed by atoms with Crippen LogP contribution in [0.15, 0.2) is 65.1 Å². The lowest BCUT2D eigenvalue weighted by Crippen LogP contribution is -2.31. The van der Waals surface area contributed by atoms with Crippen molar-refractivity contribution in [1.29, 1.82) is 0 Å². The molecule has 0 saturated carbocycles. The molecule has 0 bridgehead atoms. The predicted octanol–water partition coefficient (Wildman–Crippen LogP) is 4.32. The van der Waals surface area contributed by atoms with Crippen molar-refractivity contribution in [3.05, 3.63) is 77.7 Å². The van der Waals surface area contributed by atoms with Gasteiger partial charge in [-0.15, -0.1) is 0 Å². The van der Waals surface area contributed by atoms with Crippen LogP contribution in [-0.2, 0) is 9.53 Å². The van der Waals surface area contributed by atoms with Gasteiger partial charge in [-0.25, -0.2) is 4.79 Å². The van der Waals surface area contributed by atoms with Gasteiger partial charge in [0.05, 0.1) is 17.1 Å². The number of rotatable bonds is 5. The van der Waals surface area contributed by atoms with Crippen LogP contribution in [-0.4, -0.2) is 23.5 Å². The smallest absolute Gasteiger partial charge is 0.339 e. The SMILES string of the molecule is Cc1cc(C(=O)OCC(=O)N[C@H](C)c2cc3ccccc3o2)c2ccccc2n1. The van der Waals surface area contributed by atoms with Gasteiger partial charge in [0.25, 0.3) is 5.91 Å². The molecule has 0 spiro atoms. The maximum absolute atomic E-state index is 12.5. The molecule has 4 aromatic rings. The monoisotopic (exact) mass is 388 g/mol. The third-order valence-electron chi connectivity index (χ3n) is 4.65. The number of furan rings is 1. The van der Waals surface area contributed by atoms with Crippen molar-refractivity contribution < 1.29 is 18.7 Å². The van der Waals surface area contributed by atoms with Crippen LogP contribution in [0.2, 0.25) is 0 Å². The van der Waals surface area contributed by atoms with Gasteiger partial charge in [-0.3, -0.25) is 9.78 Å². The Hall–Kier alpha value is -3.67. The number of esters is 1. The van der Waals surface area contributed by atoms with Gasteiger partial charge in [0.1, 0.15) is 11.3 Å². The zero-order valence-electron chi connectivity index (χ0n) is 16.1. The molecule has 2 heterocycles. The Morgan fingerprint density at radius 2 is 1.86 bits per heavy atom. The number of aryl methyl sites for hydroxylation is 1. The van der Waals surface area contributed by atoms with Gasteiger partial charge in [0.15, 0.2) is 6.61 Å². The Balaban J connectivity index is 1.41. The highest BCUT2D eigenvalue weighted by atomic mass is 16.5. The maximum atomic E-state index is 12.5. The number of para-hydroxylation sites is 2. The number of carbonyl (C=O) groups is 2. The van der Waals surface area contributed by atoms with Crippen molar-refractivity contribution in [3.63, 3.8) is 0 Å². The maximum Gasteiger partial charge on any atom is 0.339 e. The third kappa shape index (κ3) is 3.96. The zero-order chi connectivity index (χ0) is 20.4. The first-order valence-electron chi connectivity index (χ1n) is 9.32. The molecule has 1 N–H and O–H groups in total. The number of hydrogen-bond acceptors (Lipinski definition) is 5. The molecule has 0 saturated heterocycles. The van der Waals surface area contributed by atoms with Crippen LogP contribution in [0, 0.1) is 6.92 Å². The van der Waals surface area contributed by atoms with Crippen LogP contribution < -0.4 is 5.32 Å². The molecule has 0 radical (unpaired) electrons. The lowest BCUT2D eigenvalue weighted by atomic mass is 10.1. The summed E-state index contributed by atoms with van der Waals surface area (Å²) in [5.74, 6) is -0.318. The van der Waals surface area contributed by atoms with Crippen LogP contribution in [0.4, 0.5) is 0 Å². The van der Waals surface area contributed by atoms with E-state index in [1.165, 1.54) is 0 Å². The summed E-state index contributed by atoms with van der Waals surface area (Å²) in [7, 11) is 0. The third-order valence-corrected chi connectivity index (χ3v) is 4.65. The topological polar surface area (TPSA) is 81.4 Å². The second kappa shape index (κ2) is 7.75. The van der Waals surface area contributed by atoms with Crippen molar-refractivity contribution >= 4 is 33.7 Å². The van der Waals surface area contributed by atoms with E-state index in [0.29, 0.717) is 27.9 Å². The van der Waals surface area contributed by atoms with Crippen molar-refractivity contribution in [3.8, 4) is 0 Å². The molecular weight excluding hydrogens is 368 g/mol. The van der Waals surface area contributed by atoms with Gasteiger partial charge in [-0.1, -0.05) is 36.4 Å². The van der Waals surface area contributed by atoms with Crippen LogP contribution >= 0.6 is 0 Å². The van der Waals surface area contributed by atoms with Gasteiger partial charge >= 0.3 is 5.97 Å². The molecule has 29 heavy (non-hydrogen) atoms. The average Bonchev–Trinajstić information content (AvgIpc) is 3.16. The number of hydrogen-bond donors (Lipinski definition) is 1. The molecule has 6 heteroatoms. The molecule has 0 aliphatic rings. The van der Waals surface area contributed by atoms with Crippen LogP contribution in [0.1, 0.15) is 34.8 Å². The molecule has 0 unspecified atom stereocenters. The van der Waals surface area contributed by atoms with Crippen molar-refractivity contribution in [1.82, 2.24) is 10.3 Å². The molecule has 2 aromatic carbocycles. The van der Waals surface area contributed by atoms with Crippen molar-refractivity contribution in [2.75, 3.05) is 6.61 Å². The molecule has 1 atom stereocenters. The summed E-state index contributed by atoms with van der Waals surface area (Å²) in [6.07, 6.45) is 0. The van der Waals surface area contributed by atoms with Gasteiger partial charge < -0.3 is 14.5 Å². The fourth-order valence-corrected chi connectivity index (χ4v) is 3.26. The molecule has 146 valence electrons. The van der Waals surface area contributed by atoms with E-state index in [9.17, 15) is 9.59 Å². The predicted molar refractivity (Wildman–Crippen MR) is 110 cm³/mol. The minimum absolute atomic E-state index is 0.349. The standard InChI is InChI=1S/C23H20N2O4/c1-14-11-18(17-8-4-5-9-19(17)24-14)23(27)28-13-22(26)25-15(2)21-12-16-7-3-6-10-20(16)29-21/h3-12,15H,13H2,1-2H3,(H,25,26)/t15-/m1/s1. The number of nitrogens with one attached hydrogen (secondary N) is 1. The fraction of sp³-hybridized carbons (Fsp3) is 0.174. The molecule has 0 fully saturated rings. The van der Waals surface area contributed by atoms with E-state index in [-0.39, 0.29) is 12.6 Å². The second-order valence-corrected chi connectivity index (χ2v) is 6.88.